The fourth-order valence-electron chi connectivity index (χ4n) is 1.86. The number of nitrogens with two attached hydrogens (primary N) is 1. The average molecular weight is 238 g/mol. The molecule has 1 saturated heterocycles. The first kappa shape index (κ1) is 12.0. The fourth-order valence-corrected chi connectivity index (χ4v) is 1.86. The molecule has 4 nitrogen and oxygen atoms in total. The maximum Gasteiger partial charge on any atom is 0.254 e. The molecule has 0 atom stereocenters. The van der Waals surface area contributed by atoms with Crippen molar-refractivity contribution >= 4 is 5.91 Å². The van der Waals surface area contributed by atoms with E-state index in [0.29, 0.717) is 37.4 Å². The highest BCUT2D eigenvalue weighted by Crippen LogP contribution is 2.14. The third kappa shape index (κ3) is 2.62. The molecule has 1 aromatic carbocycles. The lowest BCUT2D eigenvalue weighted by Gasteiger charge is -2.27. The van der Waals surface area contributed by atoms with Gasteiger partial charge in [0.15, 0.2) is 0 Å². The Hall–Kier alpha value is -1.46. The summed E-state index contributed by atoms with van der Waals surface area (Å²) in [6, 6.07) is 4.13. The Morgan fingerprint density at radius 1 is 1.41 bits per heavy atom. The highest BCUT2D eigenvalue weighted by Gasteiger charge is 2.20. The zero-order valence-electron chi connectivity index (χ0n) is 9.49. The molecule has 0 aromatic heterocycles. The summed E-state index contributed by atoms with van der Waals surface area (Å²) in [5.41, 5.74) is 6.58. The molecule has 2 N–H and O–H groups in total. The number of rotatable bonds is 2. The highest BCUT2D eigenvalue weighted by molar-refractivity contribution is 5.95. The molecule has 1 amide bonds. The molecule has 1 aliphatic rings. The monoisotopic (exact) mass is 238 g/mol. The molecule has 1 heterocycles. The van der Waals surface area contributed by atoms with Crippen LogP contribution in [0, 0.1) is 5.82 Å². The van der Waals surface area contributed by atoms with Crippen molar-refractivity contribution in [3.63, 3.8) is 0 Å². The van der Waals surface area contributed by atoms with E-state index in [1.165, 1.54) is 12.1 Å². The molecule has 1 fully saturated rings. The van der Waals surface area contributed by atoms with E-state index < -0.39 is 5.82 Å². The summed E-state index contributed by atoms with van der Waals surface area (Å²) in [6.07, 6.45) is 0. The number of carbonyl (C=O) groups excluding carboxylic acids is 1. The van der Waals surface area contributed by atoms with E-state index in [0.717, 1.165) is 0 Å². The second kappa shape index (κ2) is 5.25. The van der Waals surface area contributed by atoms with E-state index in [9.17, 15) is 9.18 Å². The molecule has 0 saturated carbocycles. The highest BCUT2D eigenvalue weighted by atomic mass is 19.1. The first-order valence-electron chi connectivity index (χ1n) is 5.58. The largest absolute Gasteiger partial charge is 0.378 e. The number of nitrogens with zero attached hydrogens (tertiary/aromatic N) is 1. The maximum atomic E-state index is 13.2. The maximum absolute atomic E-state index is 13.2. The quantitative estimate of drug-likeness (QED) is 0.827. The van der Waals surface area contributed by atoms with Crippen LogP contribution in [0.2, 0.25) is 0 Å². The van der Waals surface area contributed by atoms with Crippen LogP contribution in [0.5, 0.6) is 0 Å². The van der Waals surface area contributed by atoms with E-state index in [1.54, 1.807) is 11.0 Å². The van der Waals surface area contributed by atoms with Gasteiger partial charge in [0, 0.05) is 25.2 Å². The lowest BCUT2D eigenvalue weighted by molar-refractivity contribution is 0.0302. The molecule has 1 aromatic rings. The summed E-state index contributed by atoms with van der Waals surface area (Å²) in [5, 5.41) is 0. The number of benzene rings is 1. The molecule has 0 radical (unpaired) electrons. The second-order valence-electron chi connectivity index (χ2n) is 3.91. The Kier molecular flexibility index (Phi) is 3.71. The van der Waals surface area contributed by atoms with Gasteiger partial charge >= 0.3 is 0 Å². The molecule has 0 aliphatic carbocycles. The van der Waals surface area contributed by atoms with Crippen LogP contribution < -0.4 is 5.73 Å². The molecule has 0 spiro atoms. The van der Waals surface area contributed by atoms with Gasteiger partial charge < -0.3 is 15.4 Å². The van der Waals surface area contributed by atoms with Crippen LogP contribution in [0.1, 0.15) is 15.9 Å². The van der Waals surface area contributed by atoms with E-state index >= 15 is 0 Å². The van der Waals surface area contributed by atoms with E-state index in [-0.39, 0.29) is 12.5 Å². The van der Waals surface area contributed by atoms with Gasteiger partial charge in [0.25, 0.3) is 5.91 Å². The Balaban J connectivity index is 2.25. The van der Waals surface area contributed by atoms with Gasteiger partial charge in [-0.2, -0.15) is 0 Å². The molecule has 0 bridgehead atoms. The average Bonchev–Trinajstić information content (AvgIpc) is 2.39. The molecule has 2 rings (SSSR count). The van der Waals surface area contributed by atoms with Gasteiger partial charge in [-0.05, 0) is 17.7 Å². The van der Waals surface area contributed by atoms with Gasteiger partial charge in [-0.3, -0.25) is 4.79 Å². The molecule has 0 unspecified atom stereocenters. The minimum absolute atomic E-state index is 0.173. The van der Waals surface area contributed by atoms with Gasteiger partial charge in [-0.25, -0.2) is 4.39 Å². The third-order valence-electron chi connectivity index (χ3n) is 2.82. The topological polar surface area (TPSA) is 55.6 Å². The number of amides is 1. The fraction of sp³-hybridized carbons (Fsp3) is 0.417. The first-order chi connectivity index (χ1) is 8.22. The van der Waals surface area contributed by atoms with E-state index in [1.807, 2.05) is 0 Å². The SMILES string of the molecule is NCc1ccc(F)cc1C(=O)N1CCOCC1. The van der Waals surface area contributed by atoms with Crippen molar-refractivity contribution in [3.05, 3.63) is 35.1 Å². The van der Waals surface area contributed by atoms with Crippen molar-refractivity contribution in [3.8, 4) is 0 Å². The molecular formula is C12H15FN2O2. The van der Waals surface area contributed by atoms with Crippen LogP contribution >= 0.6 is 0 Å². The van der Waals surface area contributed by atoms with Crippen molar-refractivity contribution in [1.29, 1.82) is 0 Å². The normalized spacial score (nSPS) is 16.0. The summed E-state index contributed by atoms with van der Waals surface area (Å²) in [5.74, 6) is -0.591. The van der Waals surface area contributed by atoms with Gasteiger partial charge in [-0.1, -0.05) is 6.07 Å². The number of morpholine rings is 1. The number of hydrogen-bond donors (Lipinski definition) is 1. The third-order valence-corrected chi connectivity index (χ3v) is 2.82. The lowest BCUT2D eigenvalue weighted by Crippen LogP contribution is -2.41. The smallest absolute Gasteiger partial charge is 0.254 e. The number of halogens is 1. The Labute approximate surface area is 99.2 Å². The predicted octanol–water partition coefficient (Wildman–Crippen LogP) is 0.757. The van der Waals surface area contributed by atoms with Crippen molar-refractivity contribution in [1.82, 2.24) is 4.90 Å². The lowest BCUT2D eigenvalue weighted by atomic mass is 10.1. The van der Waals surface area contributed by atoms with Crippen molar-refractivity contribution in [2.24, 2.45) is 5.73 Å². The van der Waals surface area contributed by atoms with Crippen LogP contribution in [-0.4, -0.2) is 37.1 Å². The summed E-state index contributed by atoms with van der Waals surface area (Å²) < 4.78 is 18.3. The molecule has 5 heteroatoms. The van der Waals surface area contributed by atoms with Crippen LogP contribution in [0.15, 0.2) is 18.2 Å². The van der Waals surface area contributed by atoms with Gasteiger partial charge in [0.05, 0.1) is 13.2 Å². The summed E-state index contributed by atoms with van der Waals surface area (Å²) in [4.78, 5) is 13.8. The molecular weight excluding hydrogens is 223 g/mol. The van der Waals surface area contributed by atoms with Crippen molar-refractivity contribution < 1.29 is 13.9 Å². The first-order valence-corrected chi connectivity index (χ1v) is 5.58. The minimum Gasteiger partial charge on any atom is -0.378 e. The van der Waals surface area contributed by atoms with Crippen LogP contribution in [-0.2, 0) is 11.3 Å². The molecule has 92 valence electrons. The van der Waals surface area contributed by atoms with Crippen molar-refractivity contribution in [2.75, 3.05) is 26.3 Å². The number of hydrogen-bond acceptors (Lipinski definition) is 3. The second-order valence-corrected chi connectivity index (χ2v) is 3.91. The molecule has 17 heavy (non-hydrogen) atoms. The number of ether oxygens (including phenoxy) is 1. The standard InChI is InChI=1S/C12H15FN2O2/c13-10-2-1-9(8-14)11(7-10)12(16)15-3-5-17-6-4-15/h1-2,7H,3-6,8,14H2. The predicted molar refractivity (Wildman–Crippen MR) is 61.0 cm³/mol. The minimum atomic E-state index is -0.418. The number of carbonyl (C=O) groups is 1. The Morgan fingerprint density at radius 2 is 2.12 bits per heavy atom. The summed E-state index contributed by atoms with van der Waals surface area (Å²) >= 11 is 0. The van der Waals surface area contributed by atoms with E-state index in [2.05, 4.69) is 0 Å². The van der Waals surface area contributed by atoms with Crippen LogP contribution in [0.25, 0.3) is 0 Å². The van der Waals surface area contributed by atoms with Gasteiger partial charge in [-0.15, -0.1) is 0 Å². The zero-order valence-corrected chi connectivity index (χ0v) is 9.49. The molecule has 1 aliphatic heterocycles. The Bertz CT molecular complexity index is 417. The van der Waals surface area contributed by atoms with Gasteiger partial charge in [0.2, 0.25) is 0 Å². The van der Waals surface area contributed by atoms with Crippen LogP contribution in [0.3, 0.4) is 0 Å². The van der Waals surface area contributed by atoms with Crippen LogP contribution in [0.4, 0.5) is 4.39 Å². The summed E-state index contributed by atoms with van der Waals surface area (Å²) in [6.45, 7) is 2.36. The zero-order chi connectivity index (χ0) is 12.3. The van der Waals surface area contributed by atoms with Gasteiger partial charge in [0.1, 0.15) is 5.82 Å². The van der Waals surface area contributed by atoms with E-state index in [4.69, 9.17) is 10.5 Å². The van der Waals surface area contributed by atoms with Crippen molar-refractivity contribution in [2.45, 2.75) is 6.54 Å². The Morgan fingerprint density at radius 3 is 2.76 bits per heavy atom. The summed E-state index contributed by atoms with van der Waals surface area (Å²) in [7, 11) is 0.